The highest BCUT2D eigenvalue weighted by molar-refractivity contribution is 5.59. The summed E-state index contributed by atoms with van der Waals surface area (Å²) in [4.78, 5) is 0. The number of aliphatic hydroxyl groups excluding tert-OH is 1. The van der Waals surface area contributed by atoms with Crippen molar-refractivity contribution < 1.29 is 5.11 Å². The Morgan fingerprint density at radius 3 is 2.47 bits per heavy atom. The Labute approximate surface area is 89.0 Å². The highest BCUT2D eigenvalue weighted by Gasteiger charge is 1.99. The lowest BCUT2D eigenvalue weighted by molar-refractivity contribution is 0.429. The van der Waals surface area contributed by atoms with Gasteiger partial charge in [-0.1, -0.05) is 24.3 Å². The summed E-state index contributed by atoms with van der Waals surface area (Å²) in [6, 6.07) is 7.72. The number of allylic oxidation sites excluding steroid dienone is 4. The molecule has 2 heteroatoms. The van der Waals surface area contributed by atoms with Crippen LogP contribution in [-0.2, 0) is 0 Å². The first-order valence-corrected chi connectivity index (χ1v) is 4.87. The second-order valence-electron chi connectivity index (χ2n) is 3.55. The lowest BCUT2D eigenvalue weighted by Gasteiger charge is -2.04. The first-order valence-electron chi connectivity index (χ1n) is 4.87. The standard InChI is InChI=1S/C13H13NO/c14-12-5-1-10(2-6-12)9-11-3-7-13(15)8-4-11/h1-3,5-9,15H,4,14H2. The summed E-state index contributed by atoms with van der Waals surface area (Å²) in [6.07, 6.45) is 8.27. The molecular weight excluding hydrogens is 186 g/mol. The van der Waals surface area contributed by atoms with Gasteiger partial charge in [-0.15, -0.1) is 0 Å². The van der Waals surface area contributed by atoms with Gasteiger partial charge in [0.25, 0.3) is 0 Å². The van der Waals surface area contributed by atoms with Crippen molar-refractivity contribution in [1.29, 1.82) is 0 Å². The molecule has 1 aliphatic rings. The third-order valence-corrected chi connectivity index (χ3v) is 2.30. The van der Waals surface area contributed by atoms with Crippen LogP contribution in [0, 0.1) is 0 Å². The zero-order valence-electron chi connectivity index (χ0n) is 8.35. The van der Waals surface area contributed by atoms with Crippen LogP contribution in [0.1, 0.15) is 12.0 Å². The summed E-state index contributed by atoms with van der Waals surface area (Å²) in [7, 11) is 0. The summed E-state index contributed by atoms with van der Waals surface area (Å²) in [6.45, 7) is 0. The predicted molar refractivity (Wildman–Crippen MR) is 63.3 cm³/mol. The van der Waals surface area contributed by atoms with Crippen molar-refractivity contribution >= 4 is 11.8 Å². The Balaban J connectivity index is 2.18. The van der Waals surface area contributed by atoms with E-state index in [1.54, 1.807) is 12.2 Å². The van der Waals surface area contributed by atoms with Crippen molar-refractivity contribution in [3.05, 3.63) is 59.4 Å². The van der Waals surface area contributed by atoms with Crippen molar-refractivity contribution in [3.8, 4) is 0 Å². The fraction of sp³-hybridized carbons (Fsp3) is 0.0769. The largest absolute Gasteiger partial charge is 0.508 e. The Hall–Kier alpha value is -1.96. The molecule has 1 aliphatic carbocycles. The Bertz CT molecular complexity index is 438. The molecule has 3 N–H and O–H groups in total. The van der Waals surface area contributed by atoms with Crippen molar-refractivity contribution in [3.63, 3.8) is 0 Å². The highest BCUT2D eigenvalue weighted by Crippen LogP contribution is 2.17. The maximum absolute atomic E-state index is 9.16. The molecule has 15 heavy (non-hydrogen) atoms. The van der Waals surface area contributed by atoms with Gasteiger partial charge in [-0.2, -0.15) is 0 Å². The normalized spacial score (nSPS) is 17.9. The van der Waals surface area contributed by atoms with Crippen LogP contribution in [0.25, 0.3) is 6.08 Å². The van der Waals surface area contributed by atoms with Gasteiger partial charge in [0.15, 0.2) is 0 Å². The van der Waals surface area contributed by atoms with E-state index in [4.69, 9.17) is 10.8 Å². The molecule has 0 bridgehead atoms. The summed E-state index contributed by atoms with van der Waals surface area (Å²) < 4.78 is 0. The number of nitrogens with two attached hydrogens (primary N) is 1. The van der Waals surface area contributed by atoms with Gasteiger partial charge in [-0.05, 0) is 41.8 Å². The van der Waals surface area contributed by atoms with Gasteiger partial charge in [0.1, 0.15) is 5.76 Å². The quantitative estimate of drug-likeness (QED) is 0.683. The minimum Gasteiger partial charge on any atom is -0.508 e. The fourth-order valence-corrected chi connectivity index (χ4v) is 1.46. The topological polar surface area (TPSA) is 46.2 Å². The number of hydrogen-bond donors (Lipinski definition) is 2. The Morgan fingerprint density at radius 2 is 1.87 bits per heavy atom. The average molecular weight is 199 g/mol. The lowest BCUT2D eigenvalue weighted by Crippen LogP contribution is -1.87. The van der Waals surface area contributed by atoms with Crippen molar-refractivity contribution in [2.24, 2.45) is 0 Å². The van der Waals surface area contributed by atoms with Gasteiger partial charge in [-0.25, -0.2) is 0 Å². The molecule has 0 amide bonds. The zero-order valence-corrected chi connectivity index (χ0v) is 8.35. The maximum Gasteiger partial charge on any atom is 0.111 e. The monoisotopic (exact) mass is 199 g/mol. The molecule has 1 aromatic rings. The Morgan fingerprint density at radius 1 is 1.13 bits per heavy atom. The first-order chi connectivity index (χ1) is 7.24. The van der Waals surface area contributed by atoms with Crippen LogP contribution in [0.5, 0.6) is 0 Å². The smallest absolute Gasteiger partial charge is 0.111 e. The van der Waals surface area contributed by atoms with Crippen molar-refractivity contribution in [2.45, 2.75) is 6.42 Å². The molecule has 0 heterocycles. The van der Waals surface area contributed by atoms with Gasteiger partial charge in [0, 0.05) is 5.69 Å². The zero-order chi connectivity index (χ0) is 10.7. The molecule has 0 spiro atoms. The molecular formula is C13H13NO. The van der Waals surface area contributed by atoms with E-state index in [2.05, 4.69) is 6.08 Å². The van der Waals surface area contributed by atoms with Crippen LogP contribution in [0.15, 0.2) is 53.8 Å². The van der Waals surface area contributed by atoms with Gasteiger partial charge >= 0.3 is 0 Å². The number of nitrogen functional groups attached to an aromatic ring is 1. The number of benzene rings is 1. The van der Waals surface area contributed by atoms with E-state index in [0.717, 1.165) is 17.7 Å². The molecule has 0 radical (unpaired) electrons. The van der Waals surface area contributed by atoms with Crippen LogP contribution >= 0.6 is 0 Å². The minimum atomic E-state index is 0.337. The molecule has 0 saturated carbocycles. The second kappa shape index (κ2) is 4.05. The molecule has 0 aliphatic heterocycles. The fourth-order valence-electron chi connectivity index (χ4n) is 1.46. The van der Waals surface area contributed by atoms with Crippen LogP contribution in [-0.4, -0.2) is 5.11 Å². The van der Waals surface area contributed by atoms with Gasteiger partial charge in [0.2, 0.25) is 0 Å². The van der Waals surface area contributed by atoms with Crippen LogP contribution in [0.3, 0.4) is 0 Å². The van der Waals surface area contributed by atoms with E-state index in [9.17, 15) is 0 Å². The predicted octanol–water partition coefficient (Wildman–Crippen LogP) is 3.05. The minimum absolute atomic E-state index is 0.337. The molecule has 2 rings (SSSR count). The maximum atomic E-state index is 9.16. The van der Waals surface area contributed by atoms with Crippen molar-refractivity contribution in [2.75, 3.05) is 5.73 Å². The second-order valence-corrected chi connectivity index (χ2v) is 3.55. The molecule has 0 atom stereocenters. The molecule has 0 aromatic heterocycles. The van der Waals surface area contributed by atoms with Crippen LogP contribution in [0.4, 0.5) is 5.69 Å². The van der Waals surface area contributed by atoms with E-state index < -0.39 is 0 Å². The van der Waals surface area contributed by atoms with Gasteiger partial charge in [-0.3, -0.25) is 0 Å². The van der Waals surface area contributed by atoms with E-state index in [1.807, 2.05) is 30.3 Å². The number of anilines is 1. The molecule has 76 valence electrons. The van der Waals surface area contributed by atoms with E-state index in [0.29, 0.717) is 5.76 Å². The lowest BCUT2D eigenvalue weighted by atomic mass is 10.0. The van der Waals surface area contributed by atoms with Gasteiger partial charge < -0.3 is 10.8 Å². The summed E-state index contributed by atoms with van der Waals surface area (Å²) in [5, 5.41) is 9.16. The third-order valence-electron chi connectivity index (χ3n) is 2.30. The van der Waals surface area contributed by atoms with Gasteiger partial charge in [0.05, 0.1) is 0 Å². The first kappa shape index (κ1) is 9.59. The summed E-state index contributed by atoms with van der Waals surface area (Å²) in [5.41, 5.74) is 8.67. The third kappa shape index (κ3) is 2.50. The molecule has 2 nitrogen and oxygen atoms in total. The Kier molecular flexibility index (Phi) is 2.59. The number of hydrogen-bond acceptors (Lipinski definition) is 2. The number of rotatable bonds is 1. The highest BCUT2D eigenvalue weighted by atomic mass is 16.3. The SMILES string of the molecule is Nc1ccc(C=C2C=CC(O)=CC2)cc1. The van der Waals surface area contributed by atoms with E-state index in [1.165, 1.54) is 5.57 Å². The van der Waals surface area contributed by atoms with Crippen LogP contribution < -0.4 is 5.73 Å². The van der Waals surface area contributed by atoms with Crippen molar-refractivity contribution in [1.82, 2.24) is 0 Å². The molecule has 0 fully saturated rings. The molecule has 1 aromatic carbocycles. The summed E-state index contributed by atoms with van der Waals surface area (Å²) in [5.74, 6) is 0.337. The number of aliphatic hydroxyl groups is 1. The average Bonchev–Trinajstić information content (AvgIpc) is 2.25. The molecule has 0 saturated heterocycles. The summed E-state index contributed by atoms with van der Waals surface area (Å²) >= 11 is 0. The van der Waals surface area contributed by atoms with Crippen LogP contribution in [0.2, 0.25) is 0 Å². The molecule has 0 unspecified atom stereocenters. The van der Waals surface area contributed by atoms with E-state index >= 15 is 0 Å². The van der Waals surface area contributed by atoms with E-state index in [-0.39, 0.29) is 0 Å².